The fraction of sp³-hybridized carbons (Fsp3) is 0.429. The Kier molecular flexibility index (Phi) is 4.31. The molecular formula is C14H18FN5S. The van der Waals surface area contributed by atoms with E-state index in [4.69, 9.17) is 0 Å². The lowest BCUT2D eigenvalue weighted by molar-refractivity contribution is 0.571. The molecule has 0 saturated carbocycles. The zero-order valence-electron chi connectivity index (χ0n) is 11.9. The number of nitrogens with one attached hydrogen (secondary N) is 1. The zero-order chi connectivity index (χ0) is 14.7. The van der Waals surface area contributed by atoms with Crippen LogP contribution < -0.4 is 15.1 Å². The van der Waals surface area contributed by atoms with Crippen LogP contribution in [0.1, 0.15) is 5.56 Å². The van der Waals surface area contributed by atoms with Crippen molar-refractivity contribution in [1.29, 1.82) is 0 Å². The second kappa shape index (κ2) is 6.36. The molecule has 7 heteroatoms. The number of rotatable bonds is 4. The molecule has 0 spiro atoms. The second-order valence-corrected chi connectivity index (χ2v) is 5.80. The number of hydrogen-bond donors (Lipinski definition) is 1. The number of aromatic nitrogens is 2. The predicted molar refractivity (Wildman–Crippen MR) is 83.5 cm³/mol. The van der Waals surface area contributed by atoms with Gasteiger partial charge < -0.3 is 15.1 Å². The molecule has 0 atom stereocenters. The van der Waals surface area contributed by atoms with Gasteiger partial charge in [-0.1, -0.05) is 0 Å². The molecule has 3 heterocycles. The lowest BCUT2D eigenvalue weighted by Crippen LogP contribution is -2.47. The van der Waals surface area contributed by atoms with Crippen LogP contribution in [0.4, 0.5) is 15.3 Å². The third-order valence-electron chi connectivity index (χ3n) is 3.59. The summed E-state index contributed by atoms with van der Waals surface area (Å²) < 4.78 is 14.4. The minimum atomic E-state index is -0.213. The first kappa shape index (κ1) is 14.2. The quantitative estimate of drug-likeness (QED) is 0.932. The Hall–Kier alpha value is -1.73. The Morgan fingerprint density at radius 1 is 1.19 bits per heavy atom. The number of hydrogen-bond acceptors (Lipinski definition) is 6. The van der Waals surface area contributed by atoms with Gasteiger partial charge in [0.25, 0.3) is 0 Å². The maximum absolute atomic E-state index is 14.4. The maximum atomic E-state index is 14.4. The van der Waals surface area contributed by atoms with Gasteiger partial charge in [0.05, 0.1) is 0 Å². The normalized spacial score (nSPS) is 15.5. The summed E-state index contributed by atoms with van der Waals surface area (Å²) in [5.41, 5.74) is 0.657. The zero-order valence-corrected chi connectivity index (χ0v) is 12.7. The third kappa shape index (κ3) is 2.98. The molecule has 1 saturated heterocycles. The van der Waals surface area contributed by atoms with Gasteiger partial charge in [0.2, 0.25) is 0 Å². The molecule has 0 aliphatic carbocycles. The Morgan fingerprint density at radius 3 is 2.62 bits per heavy atom. The van der Waals surface area contributed by atoms with Crippen LogP contribution >= 0.6 is 11.3 Å². The van der Waals surface area contributed by atoms with Crippen LogP contribution in [0, 0.1) is 5.82 Å². The summed E-state index contributed by atoms with van der Waals surface area (Å²) in [7, 11) is 1.81. The summed E-state index contributed by atoms with van der Waals surface area (Å²) >= 11 is 1.64. The molecule has 0 unspecified atom stereocenters. The van der Waals surface area contributed by atoms with Crippen LogP contribution in [0.5, 0.6) is 0 Å². The highest BCUT2D eigenvalue weighted by Gasteiger charge is 2.22. The summed E-state index contributed by atoms with van der Waals surface area (Å²) in [5.74, 6) is 0.246. The topological polar surface area (TPSA) is 44.3 Å². The number of thiazole rings is 1. The van der Waals surface area contributed by atoms with Gasteiger partial charge in [-0.05, 0) is 13.1 Å². The fourth-order valence-corrected chi connectivity index (χ4v) is 3.20. The molecule has 1 aliphatic rings. The monoisotopic (exact) mass is 307 g/mol. The second-order valence-electron chi connectivity index (χ2n) is 4.93. The van der Waals surface area contributed by atoms with Gasteiger partial charge in [0.15, 0.2) is 16.8 Å². The van der Waals surface area contributed by atoms with Gasteiger partial charge >= 0.3 is 0 Å². The Balaban J connectivity index is 1.71. The molecule has 0 aromatic carbocycles. The maximum Gasteiger partial charge on any atom is 0.185 e. The minimum absolute atomic E-state index is 0.213. The van der Waals surface area contributed by atoms with Crippen molar-refractivity contribution >= 4 is 22.3 Å². The van der Waals surface area contributed by atoms with Gasteiger partial charge in [-0.3, -0.25) is 0 Å². The summed E-state index contributed by atoms with van der Waals surface area (Å²) in [6.07, 6.45) is 3.49. The van der Waals surface area contributed by atoms with Crippen molar-refractivity contribution in [3.05, 3.63) is 35.2 Å². The van der Waals surface area contributed by atoms with E-state index < -0.39 is 0 Å². The molecule has 1 fully saturated rings. The standard InChI is InChI=1S/C14H18FN5S/c1-16-10-11-2-3-17-13(12(11)15)19-5-7-20(8-6-19)14-18-4-9-21-14/h2-4,9,16H,5-8,10H2,1H3. The summed E-state index contributed by atoms with van der Waals surface area (Å²) in [6.45, 7) is 3.70. The first-order valence-electron chi connectivity index (χ1n) is 6.97. The first-order chi connectivity index (χ1) is 10.3. The smallest absolute Gasteiger partial charge is 0.185 e. The predicted octanol–water partition coefficient (Wildman–Crippen LogP) is 1.72. The lowest BCUT2D eigenvalue weighted by Gasteiger charge is -2.35. The van der Waals surface area contributed by atoms with Crippen LogP contribution in [0.15, 0.2) is 23.8 Å². The highest BCUT2D eigenvalue weighted by atomic mass is 32.1. The lowest BCUT2D eigenvalue weighted by atomic mass is 10.2. The van der Waals surface area contributed by atoms with Crippen LogP contribution in [0.2, 0.25) is 0 Å². The van der Waals surface area contributed by atoms with E-state index in [1.54, 1.807) is 23.6 Å². The summed E-state index contributed by atoms with van der Waals surface area (Å²) in [4.78, 5) is 12.8. The summed E-state index contributed by atoms with van der Waals surface area (Å²) in [6, 6.07) is 1.72. The van der Waals surface area contributed by atoms with Crippen molar-refractivity contribution in [1.82, 2.24) is 15.3 Å². The molecule has 0 amide bonds. The molecule has 5 nitrogen and oxygen atoms in total. The first-order valence-corrected chi connectivity index (χ1v) is 7.85. The minimum Gasteiger partial charge on any atom is -0.351 e. The Morgan fingerprint density at radius 2 is 1.95 bits per heavy atom. The van der Waals surface area contributed by atoms with Gasteiger partial charge in [0.1, 0.15) is 0 Å². The van der Waals surface area contributed by atoms with E-state index in [2.05, 4.69) is 20.2 Å². The highest BCUT2D eigenvalue weighted by molar-refractivity contribution is 7.13. The average Bonchev–Trinajstić information content (AvgIpc) is 3.04. The van der Waals surface area contributed by atoms with Crippen LogP contribution in [-0.4, -0.2) is 43.2 Å². The number of halogens is 1. The molecular weight excluding hydrogens is 289 g/mol. The van der Waals surface area contributed by atoms with E-state index in [0.29, 0.717) is 17.9 Å². The molecule has 0 bridgehead atoms. The van der Waals surface area contributed by atoms with E-state index in [1.165, 1.54) is 0 Å². The van der Waals surface area contributed by atoms with E-state index in [0.717, 1.165) is 31.3 Å². The number of anilines is 2. The van der Waals surface area contributed by atoms with E-state index in [9.17, 15) is 4.39 Å². The highest BCUT2D eigenvalue weighted by Crippen LogP contribution is 2.23. The van der Waals surface area contributed by atoms with E-state index in [-0.39, 0.29) is 5.82 Å². The largest absolute Gasteiger partial charge is 0.351 e. The fourth-order valence-electron chi connectivity index (χ4n) is 2.50. The van der Waals surface area contributed by atoms with Gasteiger partial charge in [-0.25, -0.2) is 14.4 Å². The number of piperazine rings is 1. The number of pyridine rings is 1. The van der Waals surface area contributed by atoms with E-state index in [1.807, 2.05) is 23.5 Å². The van der Waals surface area contributed by atoms with Gasteiger partial charge in [-0.15, -0.1) is 11.3 Å². The molecule has 2 aromatic rings. The van der Waals surface area contributed by atoms with Crippen LogP contribution in [0.3, 0.4) is 0 Å². The van der Waals surface area contributed by atoms with Crippen molar-refractivity contribution in [3.63, 3.8) is 0 Å². The molecule has 112 valence electrons. The molecule has 0 radical (unpaired) electrons. The van der Waals surface area contributed by atoms with E-state index >= 15 is 0 Å². The van der Waals surface area contributed by atoms with Gasteiger partial charge in [-0.2, -0.15) is 0 Å². The molecule has 1 aliphatic heterocycles. The molecule has 3 rings (SSSR count). The number of nitrogens with zero attached hydrogens (tertiary/aromatic N) is 4. The molecule has 21 heavy (non-hydrogen) atoms. The van der Waals surface area contributed by atoms with Crippen molar-refractivity contribution in [2.45, 2.75) is 6.54 Å². The summed E-state index contributed by atoms with van der Waals surface area (Å²) in [5, 5.41) is 5.99. The molecule has 1 N–H and O–H groups in total. The molecule has 2 aromatic heterocycles. The Bertz CT molecular complexity index is 581. The Labute approximate surface area is 127 Å². The van der Waals surface area contributed by atoms with Crippen molar-refractivity contribution in [3.8, 4) is 0 Å². The average molecular weight is 307 g/mol. The third-order valence-corrected chi connectivity index (χ3v) is 4.42. The van der Waals surface area contributed by atoms with Crippen LogP contribution in [-0.2, 0) is 6.54 Å². The van der Waals surface area contributed by atoms with Crippen LogP contribution in [0.25, 0.3) is 0 Å². The van der Waals surface area contributed by atoms with Crippen molar-refractivity contribution in [2.24, 2.45) is 0 Å². The van der Waals surface area contributed by atoms with Crippen molar-refractivity contribution in [2.75, 3.05) is 43.0 Å². The van der Waals surface area contributed by atoms with Gasteiger partial charge in [0, 0.05) is 56.1 Å². The SMILES string of the molecule is CNCc1ccnc(N2CCN(c3nccs3)CC2)c1F. The van der Waals surface area contributed by atoms with Crippen molar-refractivity contribution < 1.29 is 4.39 Å².